The molecule has 1 atom stereocenters. The summed E-state index contributed by atoms with van der Waals surface area (Å²) in [6, 6.07) is 1.20. The number of carbonyl (C=O) groups excluding carboxylic acids is 1. The van der Waals surface area contributed by atoms with Crippen molar-refractivity contribution in [2.75, 3.05) is 32.5 Å². The van der Waals surface area contributed by atoms with E-state index in [4.69, 9.17) is 4.74 Å². The van der Waals surface area contributed by atoms with Gasteiger partial charge in [0.1, 0.15) is 11.8 Å². The van der Waals surface area contributed by atoms with E-state index in [1.54, 1.807) is 46.7 Å². The molecule has 1 unspecified atom stereocenters. The number of ether oxygens (including phenoxy) is 1. The van der Waals surface area contributed by atoms with Gasteiger partial charge < -0.3 is 10.1 Å². The van der Waals surface area contributed by atoms with Crippen molar-refractivity contribution in [1.29, 1.82) is 0 Å². The molecule has 0 spiro atoms. The Morgan fingerprint density at radius 3 is 2.39 bits per heavy atom. The Kier molecular flexibility index (Phi) is 7.21. The van der Waals surface area contributed by atoms with Gasteiger partial charge in [0.25, 0.3) is 5.56 Å². The number of aromatic amines is 1. The fourth-order valence-corrected chi connectivity index (χ4v) is 2.90. The van der Waals surface area contributed by atoms with Crippen molar-refractivity contribution in [2.45, 2.75) is 46.0 Å². The lowest BCUT2D eigenvalue weighted by molar-refractivity contribution is -0.00139. The van der Waals surface area contributed by atoms with Crippen LogP contribution in [0.3, 0.4) is 0 Å². The van der Waals surface area contributed by atoms with Crippen molar-refractivity contribution in [2.24, 2.45) is 0 Å². The molecule has 0 aliphatic rings. The second-order valence-electron chi connectivity index (χ2n) is 8.52. The van der Waals surface area contributed by atoms with Crippen molar-refractivity contribution in [3.63, 3.8) is 0 Å². The predicted molar refractivity (Wildman–Crippen MR) is 116 cm³/mol. The number of rotatable bonds is 8. The molecular formula is C20H29N5O6. The number of anilines is 1. The SMILES string of the molecule is Cc1cn(CCN(C(=O)OC(C)(C)C)C(CNc2cc(=O)c2=O)N(C)C)c(=O)[nH]c1=O. The molecule has 0 fully saturated rings. The molecule has 0 bridgehead atoms. The lowest BCUT2D eigenvalue weighted by Gasteiger charge is -2.37. The third kappa shape index (κ3) is 6.14. The zero-order valence-electron chi connectivity index (χ0n) is 18.6. The fraction of sp³-hybridized carbons (Fsp3) is 0.550. The zero-order chi connectivity index (χ0) is 23.5. The highest BCUT2D eigenvalue weighted by molar-refractivity contribution is 5.68. The molecule has 31 heavy (non-hydrogen) atoms. The highest BCUT2D eigenvalue weighted by Crippen LogP contribution is 2.14. The van der Waals surface area contributed by atoms with Gasteiger partial charge in [0.05, 0.1) is 5.69 Å². The third-order valence-electron chi connectivity index (χ3n) is 4.57. The van der Waals surface area contributed by atoms with Crippen LogP contribution in [-0.4, -0.2) is 64.4 Å². The van der Waals surface area contributed by atoms with Gasteiger partial charge in [0.15, 0.2) is 0 Å². The van der Waals surface area contributed by atoms with Crippen LogP contribution in [0.5, 0.6) is 0 Å². The van der Waals surface area contributed by atoms with E-state index in [-0.39, 0.29) is 25.3 Å². The Bertz CT molecular complexity index is 1120. The Morgan fingerprint density at radius 2 is 1.87 bits per heavy atom. The molecule has 0 saturated heterocycles. The molecule has 0 aliphatic heterocycles. The molecule has 0 aliphatic carbocycles. The van der Waals surface area contributed by atoms with Crippen LogP contribution in [-0.2, 0) is 11.3 Å². The number of carbonyl (C=O) groups is 1. The average Bonchev–Trinajstić information content (AvgIpc) is 2.64. The molecule has 1 amide bonds. The molecule has 170 valence electrons. The van der Waals surface area contributed by atoms with Gasteiger partial charge in [-0.05, 0) is 41.8 Å². The van der Waals surface area contributed by atoms with Gasteiger partial charge in [-0.25, -0.2) is 9.59 Å². The minimum Gasteiger partial charge on any atom is -0.444 e. The monoisotopic (exact) mass is 435 g/mol. The molecule has 1 heterocycles. The number of amides is 1. The van der Waals surface area contributed by atoms with Crippen LogP contribution in [0.2, 0.25) is 0 Å². The number of aromatic nitrogens is 2. The maximum atomic E-state index is 12.9. The third-order valence-corrected chi connectivity index (χ3v) is 4.57. The molecule has 11 nitrogen and oxygen atoms in total. The normalized spacial score (nSPS) is 12.7. The van der Waals surface area contributed by atoms with Crippen LogP contribution in [0.4, 0.5) is 10.5 Å². The summed E-state index contributed by atoms with van der Waals surface area (Å²) in [5, 5.41) is 2.89. The van der Waals surface area contributed by atoms with E-state index in [0.717, 1.165) is 0 Å². The Labute approximate surface area is 178 Å². The minimum atomic E-state index is -0.746. The topological polar surface area (TPSA) is 134 Å². The number of hydrogen-bond acceptors (Lipinski definition) is 8. The Morgan fingerprint density at radius 1 is 1.23 bits per heavy atom. The first kappa shape index (κ1) is 24.1. The number of H-pyrrole nitrogens is 1. The van der Waals surface area contributed by atoms with Gasteiger partial charge in [-0.15, -0.1) is 0 Å². The summed E-state index contributed by atoms with van der Waals surface area (Å²) in [5.74, 6) is 0. The van der Waals surface area contributed by atoms with Crippen molar-refractivity contribution in [3.8, 4) is 0 Å². The van der Waals surface area contributed by atoms with E-state index in [2.05, 4.69) is 10.3 Å². The van der Waals surface area contributed by atoms with Gasteiger partial charge >= 0.3 is 11.8 Å². The highest BCUT2D eigenvalue weighted by atomic mass is 16.6. The maximum absolute atomic E-state index is 12.9. The average molecular weight is 435 g/mol. The van der Waals surface area contributed by atoms with E-state index >= 15 is 0 Å². The van der Waals surface area contributed by atoms with E-state index in [9.17, 15) is 24.0 Å². The first-order chi connectivity index (χ1) is 14.3. The van der Waals surface area contributed by atoms with Gasteiger partial charge in [-0.3, -0.25) is 33.7 Å². The minimum absolute atomic E-state index is 0.0940. The standard InChI is InChI=1S/C20H29N5O6/c1-12-11-24(18(29)22-17(12)28)7-8-25(19(30)31-20(2,3)4)15(23(5)6)10-21-13-9-14(26)16(13)27/h9,11,15,21H,7-8,10H2,1-6H3,(H,22,28,29). The summed E-state index contributed by atoms with van der Waals surface area (Å²) < 4.78 is 6.84. The Balaban J connectivity index is 2.27. The summed E-state index contributed by atoms with van der Waals surface area (Å²) in [5.41, 5.74) is -2.40. The van der Waals surface area contributed by atoms with Crippen molar-refractivity contribution in [1.82, 2.24) is 19.4 Å². The smallest absolute Gasteiger partial charge is 0.411 e. The molecule has 0 radical (unpaired) electrons. The summed E-state index contributed by atoms with van der Waals surface area (Å²) in [6.45, 7) is 7.16. The van der Waals surface area contributed by atoms with E-state index in [0.29, 0.717) is 5.56 Å². The summed E-state index contributed by atoms with van der Waals surface area (Å²) in [4.78, 5) is 64.8. The van der Waals surface area contributed by atoms with Crippen molar-refractivity contribution < 1.29 is 9.53 Å². The maximum Gasteiger partial charge on any atom is 0.411 e. The van der Waals surface area contributed by atoms with Crippen LogP contribution in [0.25, 0.3) is 0 Å². The number of likely N-dealkylation sites (N-methyl/N-ethyl adjacent to an activating group) is 1. The first-order valence-corrected chi connectivity index (χ1v) is 9.81. The molecule has 2 rings (SSSR count). The van der Waals surface area contributed by atoms with E-state index < -0.39 is 40.0 Å². The number of aryl methyl sites for hydroxylation is 1. The lowest BCUT2D eigenvalue weighted by Crippen LogP contribution is -2.54. The highest BCUT2D eigenvalue weighted by Gasteiger charge is 2.30. The molecule has 1 aromatic heterocycles. The Hall–Kier alpha value is -3.21. The van der Waals surface area contributed by atoms with Crippen LogP contribution >= 0.6 is 0 Å². The number of hydrogen-bond donors (Lipinski definition) is 2. The second kappa shape index (κ2) is 9.29. The van der Waals surface area contributed by atoms with Crippen LogP contribution < -0.4 is 27.4 Å². The van der Waals surface area contributed by atoms with Crippen LogP contribution in [0, 0.1) is 6.92 Å². The quantitative estimate of drug-likeness (QED) is 0.426. The molecular weight excluding hydrogens is 406 g/mol. The number of nitrogens with zero attached hydrogens (tertiary/aromatic N) is 3. The van der Waals surface area contributed by atoms with Crippen LogP contribution in [0.1, 0.15) is 26.3 Å². The van der Waals surface area contributed by atoms with E-state index in [1.165, 1.54) is 21.7 Å². The summed E-state index contributed by atoms with van der Waals surface area (Å²) in [7, 11) is 3.50. The number of nitrogens with one attached hydrogen (secondary N) is 2. The molecule has 11 heteroatoms. The lowest BCUT2D eigenvalue weighted by atomic mass is 10.2. The predicted octanol–water partition coefficient (Wildman–Crippen LogP) is -0.322. The largest absolute Gasteiger partial charge is 0.444 e. The molecule has 0 saturated carbocycles. The zero-order valence-corrected chi connectivity index (χ0v) is 18.6. The first-order valence-electron chi connectivity index (χ1n) is 9.81. The second-order valence-corrected chi connectivity index (χ2v) is 8.52. The van der Waals surface area contributed by atoms with Gasteiger partial charge in [-0.1, -0.05) is 0 Å². The summed E-state index contributed by atoms with van der Waals surface area (Å²) in [6.07, 6.45) is 0.270. The van der Waals surface area contributed by atoms with Crippen LogP contribution in [0.15, 0.2) is 31.4 Å². The van der Waals surface area contributed by atoms with Crippen molar-refractivity contribution >= 4 is 11.8 Å². The van der Waals surface area contributed by atoms with Gasteiger partial charge in [0, 0.05) is 37.5 Å². The van der Waals surface area contributed by atoms with Gasteiger partial charge in [0.2, 0.25) is 10.9 Å². The molecule has 2 aromatic rings. The fourth-order valence-electron chi connectivity index (χ4n) is 2.90. The van der Waals surface area contributed by atoms with Crippen molar-refractivity contribution in [3.05, 3.63) is 59.1 Å². The summed E-state index contributed by atoms with van der Waals surface area (Å²) >= 11 is 0. The van der Waals surface area contributed by atoms with Gasteiger partial charge in [-0.2, -0.15) is 0 Å². The molecule has 2 N–H and O–H groups in total. The molecule has 1 aromatic carbocycles. The van der Waals surface area contributed by atoms with E-state index in [1.807, 2.05) is 0 Å².